The van der Waals surface area contributed by atoms with E-state index in [1.165, 1.54) is 0 Å². The van der Waals surface area contributed by atoms with Crippen LogP contribution in [-0.4, -0.2) is 16.1 Å². The van der Waals surface area contributed by atoms with Gasteiger partial charge in [0.2, 0.25) is 0 Å². The molecule has 0 amide bonds. The van der Waals surface area contributed by atoms with E-state index in [4.69, 9.17) is 5.73 Å². The molecule has 2 aromatic rings. The summed E-state index contributed by atoms with van der Waals surface area (Å²) >= 11 is 3.41. The summed E-state index contributed by atoms with van der Waals surface area (Å²) < 4.78 is 3.13. The van der Waals surface area contributed by atoms with Crippen molar-refractivity contribution < 1.29 is 0 Å². The third-order valence-electron chi connectivity index (χ3n) is 2.19. The van der Waals surface area contributed by atoms with Gasteiger partial charge >= 0.3 is 0 Å². The quantitative estimate of drug-likeness (QED) is 0.924. The van der Waals surface area contributed by atoms with Crippen molar-refractivity contribution in [1.29, 1.82) is 0 Å². The van der Waals surface area contributed by atoms with Gasteiger partial charge in [-0.25, -0.2) is 4.98 Å². The maximum atomic E-state index is 5.53. The molecule has 0 aliphatic heterocycles. The van der Waals surface area contributed by atoms with Gasteiger partial charge in [0.15, 0.2) is 0 Å². The third-order valence-corrected chi connectivity index (χ3v) is 2.72. The van der Waals surface area contributed by atoms with Gasteiger partial charge in [0.05, 0.1) is 0 Å². The molecule has 2 rings (SSSR count). The van der Waals surface area contributed by atoms with E-state index in [0.717, 1.165) is 22.4 Å². The van der Waals surface area contributed by atoms with Crippen molar-refractivity contribution in [2.45, 2.75) is 6.42 Å². The molecule has 0 aliphatic carbocycles. The maximum absolute atomic E-state index is 5.53. The molecule has 0 unspecified atom stereocenters. The van der Waals surface area contributed by atoms with E-state index in [2.05, 4.69) is 25.5 Å². The average Bonchev–Trinajstić information content (AvgIpc) is 2.68. The third kappa shape index (κ3) is 2.27. The summed E-state index contributed by atoms with van der Waals surface area (Å²) in [5.74, 6) is 1.000. The first kappa shape index (κ1) is 10.4. The number of nitrogens with zero attached hydrogens (tertiary/aromatic N) is 2. The van der Waals surface area contributed by atoms with Gasteiger partial charge in [-0.1, -0.05) is 15.9 Å². The molecule has 4 heteroatoms. The second-order valence-corrected chi connectivity index (χ2v) is 4.14. The van der Waals surface area contributed by atoms with Crippen molar-refractivity contribution in [2.75, 3.05) is 6.54 Å². The molecule has 1 heterocycles. The van der Waals surface area contributed by atoms with Crippen LogP contribution in [0, 0.1) is 0 Å². The van der Waals surface area contributed by atoms with E-state index >= 15 is 0 Å². The summed E-state index contributed by atoms with van der Waals surface area (Å²) in [6.45, 7) is 0.619. The minimum atomic E-state index is 0.619. The van der Waals surface area contributed by atoms with Gasteiger partial charge in [-0.15, -0.1) is 0 Å². The number of hydrogen-bond donors (Lipinski definition) is 1. The summed E-state index contributed by atoms with van der Waals surface area (Å²) in [6.07, 6.45) is 4.55. The largest absolute Gasteiger partial charge is 0.330 e. The zero-order valence-electron chi connectivity index (χ0n) is 8.23. The minimum absolute atomic E-state index is 0.619. The van der Waals surface area contributed by atoms with Crippen molar-refractivity contribution >= 4 is 15.9 Å². The summed E-state index contributed by atoms with van der Waals surface area (Å²) in [5.41, 5.74) is 6.64. The molecule has 78 valence electrons. The van der Waals surface area contributed by atoms with Crippen molar-refractivity contribution in [3.8, 4) is 5.69 Å². The molecule has 1 aromatic heterocycles. The monoisotopic (exact) mass is 265 g/mol. The molecule has 3 nitrogen and oxygen atoms in total. The first-order valence-electron chi connectivity index (χ1n) is 4.79. The summed E-state index contributed by atoms with van der Waals surface area (Å²) in [6, 6.07) is 8.13. The Kier molecular flexibility index (Phi) is 3.18. The second-order valence-electron chi connectivity index (χ2n) is 3.23. The van der Waals surface area contributed by atoms with E-state index in [-0.39, 0.29) is 0 Å². The van der Waals surface area contributed by atoms with Crippen LogP contribution in [0.25, 0.3) is 5.69 Å². The Morgan fingerprint density at radius 2 is 2.00 bits per heavy atom. The van der Waals surface area contributed by atoms with Gasteiger partial charge in [-0.05, 0) is 30.8 Å². The fraction of sp³-hybridized carbons (Fsp3) is 0.182. The molecule has 0 aliphatic rings. The Morgan fingerprint density at radius 1 is 1.27 bits per heavy atom. The lowest BCUT2D eigenvalue weighted by Crippen LogP contribution is -2.08. The van der Waals surface area contributed by atoms with E-state index in [1.807, 2.05) is 30.5 Å². The first-order chi connectivity index (χ1) is 7.31. The smallest absolute Gasteiger partial charge is 0.114 e. The van der Waals surface area contributed by atoms with Crippen molar-refractivity contribution in [1.82, 2.24) is 9.55 Å². The predicted molar refractivity (Wildman–Crippen MR) is 64.0 cm³/mol. The van der Waals surface area contributed by atoms with Gasteiger partial charge in [-0.2, -0.15) is 0 Å². The van der Waals surface area contributed by atoms with Gasteiger partial charge in [0, 0.05) is 29.0 Å². The molecule has 1 aromatic carbocycles. The van der Waals surface area contributed by atoms with Crippen LogP contribution in [0.3, 0.4) is 0 Å². The first-order valence-corrected chi connectivity index (χ1v) is 5.59. The van der Waals surface area contributed by atoms with Gasteiger partial charge in [-0.3, -0.25) is 0 Å². The normalized spacial score (nSPS) is 10.5. The molecule has 15 heavy (non-hydrogen) atoms. The van der Waals surface area contributed by atoms with E-state index in [9.17, 15) is 0 Å². The molecule has 0 fully saturated rings. The summed E-state index contributed by atoms with van der Waals surface area (Å²) in [5, 5.41) is 0. The van der Waals surface area contributed by atoms with Crippen molar-refractivity contribution in [3.63, 3.8) is 0 Å². The summed E-state index contributed by atoms with van der Waals surface area (Å²) in [7, 11) is 0. The van der Waals surface area contributed by atoms with Crippen LogP contribution in [0.4, 0.5) is 0 Å². The Bertz CT molecular complexity index is 433. The minimum Gasteiger partial charge on any atom is -0.330 e. The fourth-order valence-corrected chi connectivity index (χ4v) is 1.75. The molecule has 0 radical (unpaired) electrons. The highest BCUT2D eigenvalue weighted by molar-refractivity contribution is 9.10. The van der Waals surface area contributed by atoms with Gasteiger partial charge in [0.25, 0.3) is 0 Å². The average molecular weight is 266 g/mol. The predicted octanol–water partition coefficient (Wildman–Crippen LogP) is 2.14. The van der Waals surface area contributed by atoms with Crippen LogP contribution in [0.1, 0.15) is 5.82 Å². The lowest BCUT2D eigenvalue weighted by molar-refractivity contribution is 0.837. The number of hydrogen-bond acceptors (Lipinski definition) is 2. The zero-order chi connectivity index (χ0) is 10.7. The highest BCUT2D eigenvalue weighted by atomic mass is 79.9. The molecule has 0 spiro atoms. The molecule has 2 N–H and O–H groups in total. The molecular formula is C11H12BrN3. The van der Waals surface area contributed by atoms with Crippen LogP contribution in [0.15, 0.2) is 41.1 Å². The molecule has 0 bridgehead atoms. The maximum Gasteiger partial charge on any atom is 0.114 e. The fourth-order valence-electron chi connectivity index (χ4n) is 1.49. The Balaban J connectivity index is 2.36. The number of nitrogens with two attached hydrogens (primary N) is 1. The van der Waals surface area contributed by atoms with E-state index < -0.39 is 0 Å². The van der Waals surface area contributed by atoms with Crippen LogP contribution in [0.5, 0.6) is 0 Å². The molecule has 0 saturated heterocycles. The van der Waals surface area contributed by atoms with Crippen molar-refractivity contribution in [3.05, 3.63) is 47.0 Å². The molecule has 0 atom stereocenters. The lowest BCUT2D eigenvalue weighted by Gasteiger charge is -2.06. The van der Waals surface area contributed by atoms with Gasteiger partial charge < -0.3 is 10.3 Å². The number of rotatable bonds is 3. The highest BCUT2D eigenvalue weighted by Crippen LogP contribution is 2.15. The van der Waals surface area contributed by atoms with Crippen LogP contribution >= 0.6 is 15.9 Å². The SMILES string of the molecule is NCCc1nccn1-c1ccc(Br)cc1. The van der Waals surface area contributed by atoms with Gasteiger partial charge in [0.1, 0.15) is 5.82 Å². The number of aromatic nitrogens is 2. The number of imidazole rings is 1. The number of halogens is 1. The number of benzene rings is 1. The lowest BCUT2D eigenvalue weighted by atomic mass is 10.3. The second kappa shape index (κ2) is 4.59. The van der Waals surface area contributed by atoms with E-state index in [1.54, 1.807) is 6.20 Å². The topological polar surface area (TPSA) is 43.8 Å². The van der Waals surface area contributed by atoms with Crippen LogP contribution < -0.4 is 5.73 Å². The van der Waals surface area contributed by atoms with E-state index in [0.29, 0.717) is 6.54 Å². The summed E-state index contributed by atoms with van der Waals surface area (Å²) in [4.78, 5) is 4.28. The Hall–Kier alpha value is -1.13. The Morgan fingerprint density at radius 3 is 2.67 bits per heavy atom. The highest BCUT2D eigenvalue weighted by Gasteiger charge is 2.03. The molecule has 0 saturated carbocycles. The van der Waals surface area contributed by atoms with Crippen LogP contribution in [-0.2, 0) is 6.42 Å². The molecular weight excluding hydrogens is 254 g/mol. The van der Waals surface area contributed by atoms with Crippen LogP contribution in [0.2, 0.25) is 0 Å². The standard InChI is InChI=1S/C11H12BrN3/c12-9-1-3-10(4-2-9)15-8-7-14-11(15)5-6-13/h1-4,7-8H,5-6,13H2. The Labute approximate surface area is 97.1 Å². The zero-order valence-corrected chi connectivity index (χ0v) is 9.81. The van der Waals surface area contributed by atoms with Crippen molar-refractivity contribution in [2.24, 2.45) is 5.73 Å².